The molecule has 0 saturated carbocycles. The number of carbonyl (C=O) groups excluding carboxylic acids is 2. The third kappa shape index (κ3) is 7.02. The monoisotopic (exact) mass is 514 g/mol. The van der Waals surface area contributed by atoms with Crippen molar-refractivity contribution in [3.8, 4) is 17.2 Å². The number of hydrogen-bond donors (Lipinski definition) is 2. The molecule has 0 radical (unpaired) electrons. The average molecular weight is 515 g/mol. The zero-order chi connectivity index (χ0) is 25.6. The Morgan fingerprint density at radius 3 is 2.43 bits per heavy atom. The lowest BCUT2D eigenvalue weighted by molar-refractivity contribution is -0.150. The lowest BCUT2D eigenvalue weighted by atomic mass is 10.1. The number of alkyl halides is 2. The molecule has 2 aromatic rings. The SMILES string of the molecule is CC(C)[C@H](NS(=O)(=O)c1ccc2c(c1)OCCO2)C(=O)OCC(=O)Nc1ccccc1OC(F)F. The summed E-state index contributed by atoms with van der Waals surface area (Å²) in [7, 11) is -4.16. The van der Waals surface area contributed by atoms with Gasteiger partial charge < -0.3 is 24.3 Å². The summed E-state index contributed by atoms with van der Waals surface area (Å²) in [4.78, 5) is 24.6. The van der Waals surface area contributed by atoms with Crippen molar-refractivity contribution in [3.63, 3.8) is 0 Å². The fourth-order valence-electron chi connectivity index (χ4n) is 3.06. The quantitative estimate of drug-likeness (QED) is 0.463. The highest BCUT2D eigenvalue weighted by atomic mass is 32.2. The Labute approximate surface area is 200 Å². The normalized spacial score (nSPS) is 13.9. The maximum Gasteiger partial charge on any atom is 0.387 e. The van der Waals surface area contributed by atoms with E-state index in [0.717, 1.165) is 0 Å². The zero-order valence-corrected chi connectivity index (χ0v) is 19.6. The number of benzene rings is 2. The largest absolute Gasteiger partial charge is 0.486 e. The zero-order valence-electron chi connectivity index (χ0n) is 18.8. The van der Waals surface area contributed by atoms with E-state index >= 15 is 0 Å². The first-order chi connectivity index (χ1) is 16.6. The van der Waals surface area contributed by atoms with Crippen molar-refractivity contribution in [2.75, 3.05) is 25.1 Å². The summed E-state index contributed by atoms with van der Waals surface area (Å²) in [5.74, 6) is -1.96. The molecule has 2 N–H and O–H groups in total. The molecule has 3 rings (SSSR count). The van der Waals surface area contributed by atoms with E-state index in [-0.39, 0.29) is 28.7 Å². The lowest BCUT2D eigenvalue weighted by Gasteiger charge is -2.22. The van der Waals surface area contributed by atoms with E-state index in [9.17, 15) is 26.8 Å². The predicted octanol–water partition coefficient (Wildman–Crippen LogP) is 2.54. The van der Waals surface area contributed by atoms with Gasteiger partial charge in [-0.25, -0.2) is 8.42 Å². The van der Waals surface area contributed by atoms with Crippen LogP contribution in [0.3, 0.4) is 0 Å². The maximum absolute atomic E-state index is 12.9. The first-order valence-corrected chi connectivity index (χ1v) is 12.0. The van der Waals surface area contributed by atoms with E-state index < -0.39 is 47.1 Å². The summed E-state index contributed by atoms with van der Waals surface area (Å²) in [5.41, 5.74) is -0.0476. The Morgan fingerprint density at radius 2 is 1.74 bits per heavy atom. The first-order valence-electron chi connectivity index (χ1n) is 10.5. The van der Waals surface area contributed by atoms with Crippen molar-refractivity contribution in [2.45, 2.75) is 31.4 Å². The number of para-hydroxylation sites is 2. The molecule has 0 saturated heterocycles. The van der Waals surface area contributed by atoms with Crippen molar-refractivity contribution < 1.29 is 45.7 Å². The number of nitrogens with one attached hydrogen (secondary N) is 2. The third-order valence-corrected chi connectivity index (χ3v) is 6.19. The maximum atomic E-state index is 12.9. The lowest BCUT2D eigenvalue weighted by Crippen LogP contribution is -2.45. The van der Waals surface area contributed by atoms with Gasteiger partial charge in [-0.2, -0.15) is 13.5 Å². The summed E-state index contributed by atoms with van der Waals surface area (Å²) in [6.07, 6.45) is 0. The van der Waals surface area contributed by atoms with Crippen LogP contribution in [0.15, 0.2) is 47.4 Å². The van der Waals surface area contributed by atoms with Gasteiger partial charge in [0.2, 0.25) is 10.0 Å². The van der Waals surface area contributed by atoms with Crippen molar-refractivity contribution in [3.05, 3.63) is 42.5 Å². The fraction of sp³-hybridized carbons (Fsp3) is 0.364. The molecule has 10 nitrogen and oxygen atoms in total. The molecular formula is C22H24F2N2O8S. The third-order valence-electron chi connectivity index (χ3n) is 4.75. The molecular weight excluding hydrogens is 490 g/mol. The molecule has 13 heteroatoms. The first kappa shape index (κ1) is 26.2. The highest BCUT2D eigenvalue weighted by molar-refractivity contribution is 7.89. The van der Waals surface area contributed by atoms with E-state index in [1.165, 1.54) is 42.5 Å². The van der Waals surface area contributed by atoms with Crippen LogP contribution in [0.2, 0.25) is 0 Å². The van der Waals surface area contributed by atoms with E-state index in [2.05, 4.69) is 14.8 Å². The Morgan fingerprint density at radius 1 is 1.06 bits per heavy atom. The number of amides is 1. The van der Waals surface area contributed by atoms with Gasteiger partial charge in [-0.15, -0.1) is 0 Å². The number of anilines is 1. The molecule has 0 fully saturated rings. The minimum absolute atomic E-state index is 0.0476. The van der Waals surface area contributed by atoms with Gasteiger partial charge in [0.1, 0.15) is 25.0 Å². The van der Waals surface area contributed by atoms with Gasteiger partial charge in [-0.1, -0.05) is 26.0 Å². The van der Waals surface area contributed by atoms with Crippen LogP contribution < -0.4 is 24.2 Å². The summed E-state index contributed by atoms with van der Waals surface area (Å²) in [5, 5.41) is 2.30. The van der Waals surface area contributed by atoms with Gasteiger partial charge >= 0.3 is 12.6 Å². The molecule has 1 atom stereocenters. The predicted molar refractivity (Wildman–Crippen MR) is 119 cm³/mol. The summed E-state index contributed by atoms with van der Waals surface area (Å²) in [6.45, 7) is -0.0774. The molecule has 1 aliphatic rings. The van der Waals surface area contributed by atoms with Gasteiger partial charge in [0, 0.05) is 6.07 Å². The van der Waals surface area contributed by atoms with E-state index in [1.54, 1.807) is 13.8 Å². The molecule has 0 spiro atoms. The molecule has 2 aromatic carbocycles. The molecule has 1 heterocycles. The van der Waals surface area contributed by atoms with E-state index in [4.69, 9.17) is 14.2 Å². The van der Waals surface area contributed by atoms with Crippen LogP contribution in [0.4, 0.5) is 14.5 Å². The molecule has 0 unspecified atom stereocenters. The van der Waals surface area contributed by atoms with Gasteiger partial charge in [0.15, 0.2) is 18.1 Å². The number of hydrogen-bond acceptors (Lipinski definition) is 8. The van der Waals surface area contributed by atoms with Crippen molar-refractivity contribution >= 4 is 27.6 Å². The number of ether oxygens (including phenoxy) is 4. The highest BCUT2D eigenvalue weighted by Gasteiger charge is 2.31. The van der Waals surface area contributed by atoms with Crippen molar-refractivity contribution in [2.24, 2.45) is 5.92 Å². The average Bonchev–Trinajstić information content (AvgIpc) is 2.81. The summed E-state index contributed by atoms with van der Waals surface area (Å²) >= 11 is 0. The molecule has 35 heavy (non-hydrogen) atoms. The van der Waals surface area contributed by atoms with Crippen LogP contribution in [0.1, 0.15) is 13.8 Å². The van der Waals surface area contributed by atoms with Crippen molar-refractivity contribution in [1.29, 1.82) is 0 Å². The number of halogens is 2. The summed E-state index contributed by atoms with van der Waals surface area (Å²) in [6, 6.07) is 8.22. The van der Waals surface area contributed by atoms with E-state index in [1.807, 2.05) is 0 Å². The topological polar surface area (TPSA) is 129 Å². The van der Waals surface area contributed by atoms with Crippen LogP contribution in [0.5, 0.6) is 17.2 Å². The van der Waals surface area contributed by atoms with Crippen LogP contribution in [0, 0.1) is 5.92 Å². The fourth-order valence-corrected chi connectivity index (χ4v) is 4.41. The van der Waals surface area contributed by atoms with Crippen LogP contribution in [0.25, 0.3) is 0 Å². The van der Waals surface area contributed by atoms with Crippen LogP contribution in [-0.4, -0.2) is 52.8 Å². The smallest absolute Gasteiger partial charge is 0.387 e. The number of esters is 1. The Balaban J connectivity index is 1.63. The number of carbonyl (C=O) groups is 2. The Bertz CT molecular complexity index is 1170. The Kier molecular flexibility index (Phi) is 8.46. The van der Waals surface area contributed by atoms with Crippen LogP contribution in [-0.2, 0) is 24.3 Å². The molecule has 0 aliphatic carbocycles. The molecule has 0 aromatic heterocycles. The molecule has 1 aliphatic heterocycles. The van der Waals surface area contributed by atoms with Gasteiger partial charge in [0.25, 0.3) is 5.91 Å². The number of rotatable bonds is 10. The molecule has 190 valence electrons. The van der Waals surface area contributed by atoms with Gasteiger partial charge in [0.05, 0.1) is 10.6 Å². The van der Waals surface area contributed by atoms with Gasteiger partial charge in [-0.05, 0) is 30.2 Å². The Hall–Kier alpha value is -3.45. The molecule has 1 amide bonds. The van der Waals surface area contributed by atoms with E-state index in [0.29, 0.717) is 12.4 Å². The second-order valence-corrected chi connectivity index (χ2v) is 9.39. The number of fused-ring (bicyclic) bond motifs is 1. The van der Waals surface area contributed by atoms with Crippen molar-refractivity contribution in [1.82, 2.24) is 4.72 Å². The second-order valence-electron chi connectivity index (χ2n) is 7.68. The minimum Gasteiger partial charge on any atom is -0.486 e. The number of sulfonamides is 1. The minimum atomic E-state index is -4.16. The van der Waals surface area contributed by atoms with Crippen LogP contribution >= 0.6 is 0 Å². The highest BCUT2D eigenvalue weighted by Crippen LogP contribution is 2.32. The standard InChI is InChI=1S/C22H24F2N2O8S/c1-13(2)20(26-35(29,30)14-7-8-17-18(11-14)32-10-9-31-17)21(28)33-12-19(27)25-15-5-3-4-6-16(15)34-22(23)24/h3-8,11,13,20,22,26H,9-10,12H2,1-2H3,(H,25,27)/t20-/m0/s1. The van der Waals surface area contributed by atoms with Gasteiger partial charge in [-0.3, -0.25) is 9.59 Å². The summed E-state index contributed by atoms with van der Waals surface area (Å²) < 4.78 is 73.2. The molecule has 0 bridgehead atoms. The second kappa shape index (κ2) is 11.3.